The first-order valence-electron chi connectivity index (χ1n) is 7.39. The van der Waals surface area contributed by atoms with Crippen LogP contribution >= 0.6 is 0 Å². The summed E-state index contributed by atoms with van der Waals surface area (Å²) in [6.07, 6.45) is 1.53. The number of nitrogens with zero attached hydrogens (tertiary/aromatic N) is 1. The molecule has 2 heterocycles. The molecule has 6 nitrogen and oxygen atoms in total. The molecule has 1 aromatic carbocycles. The third-order valence-corrected chi connectivity index (χ3v) is 3.34. The Hall–Kier alpha value is -3.15. The lowest BCUT2D eigenvalue weighted by Crippen LogP contribution is -2.08. The standard InChI is InChI=1S/C18H15NO5/c1-10(2)23-15-4-3-7-19-17(15)16-9-13(20)12-8-11(18(21)22)5-6-14(12)24-16/h3-10H,1-2H3,(H,21,22). The monoisotopic (exact) mass is 325 g/mol. The summed E-state index contributed by atoms with van der Waals surface area (Å²) in [6.45, 7) is 3.78. The molecular formula is C18H15NO5. The van der Waals surface area contributed by atoms with Gasteiger partial charge in [-0.05, 0) is 44.2 Å². The lowest BCUT2D eigenvalue weighted by molar-refractivity contribution is 0.0697. The van der Waals surface area contributed by atoms with E-state index in [0.717, 1.165) is 0 Å². The molecule has 0 radical (unpaired) electrons. The number of aromatic nitrogens is 1. The Morgan fingerprint density at radius 3 is 2.75 bits per heavy atom. The van der Waals surface area contributed by atoms with Crippen LogP contribution in [0.5, 0.6) is 5.75 Å². The lowest BCUT2D eigenvalue weighted by atomic mass is 10.1. The van der Waals surface area contributed by atoms with Crippen molar-refractivity contribution in [1.82, 2.24) is 4.98 Å². The Balaban J connectivity index is 2.17. The highest BCUT2D eigenvalue weighted by molar-refractivity contribution is 5.93. The number of rotatable bonds is 4. The number of pyridine rings is 1. The molecule has 1 N–H and O–H groups in total. The van der Waals surface area contributed by atoms with Crippen LogP contribution in [0.15, 0.2) is 51.8 Å². The Bertz CT molecular complexity index is 975. The number of hydrogen-bond donors (Lipinski definition) is 1. The van der Waals surface area contributed by atoms with E-state index in [1.54, 1.807) is 18.3 Å². The Morgan fingerprint density at radius 1 is 1.25 bits per heavy atom. The lowest BCUT2D eigenvalue weighted by Gasteiger charge is -2.12. The van der Waals surface area contributed by atoms with Crippen molar-refractivity contribution in [1.29, 1.82) is 0 Å². The molecule has 3 aromatic rings. The van der Waals surface area contributed by atoms with Gasteiger partial charge in [-0.15, -0.1) is 0 Å². The van der Waals surface area contributed by atoms with Crippen molar-refractivity contribution in [2.45, 2.75) is 20.0 Å². The fourth-order valence-electron chi connectivity index (χ4n) is 2.33. The number of carbonyl (C=O) groups is 1. The summed E-state index contributed by atoms with van der Waals surface area (Å²) in [5.74, 6) is -0.318. The van der Waals surface area contributed by atoms with Crippen LogP contribution < -0.4 is 10.2 Å². The van der Waals surface area contributed by atoms with Gasteiger partial charge >= 0.3 is 5.97 Å². The summed E-state index contributed by atoms with van der Waals surface area (Å²) >= 11 is 0. The van der Waals surface area contributed by atoms with Crippen molar-refractivity contribution in [2.75, 3.05) is 0 Å². The largest absolute Gasteiger partial charge is 0.489 e. The molecule has 0 bridgehead atoms. The number of carboxylic acid groups (broad SMARTS) is 1. The summed E-state index contributed by atoms with van der Waals surface area (Å²) in [7, 11) is 0. The molecule has 122 valence electrons. The van der Waals surface area contributed by atoms with Gasteiger partial charge in [0.15, 0.2) is 11.2 Å². The summed E-state index contributed by atoms with van der Waals surface area (Å²) in [5.41, 5.74) is 0.413. The van der Waals surface area contributed by atoms with Gasteiger partial charge in [-0.1, -0.05) is 0 Å². The fourth-order valence-corrected chi connectivity index (χ4v) is 2.33. The Labute approximate surface area is 137 Å². The number of ether oxygens (including phenoxy) is 1. The first-order chi connectivity index (χ1) is 11.5. The zero-order valence-corrected chi connectivity index (χ0v) is 13.1. The molecule has 3 rings (SSSR count). The first kappa shape index (κ1) is 15.7. The van der Waals surface area contributed by atoms with E-state index in [-0.39, 0.29) is 28.2 Å². The molecule has 0 unspecified atom stereocenters. The highest BCUT2D eigenvalue weighted by Crippen LogP contribution is 2.29. The second-order valence-corrected chi connectivity index (χ2v) is 5.51. The predicted molar refractivity (Wildman–Crippen MR) is 88.4 cm³/mol. The van der Waals surface area contributed by atoms with Crippen LogP contribution in [0, 0.1) is 0 Å². The van der Waals surface area contributed by atoms with E-state index in [0.29, 0.717) is 17.0 Å². The molecule has 0 fully saturated rings. The van der Waals surface area contributed by atoms with Gasteiger partial charge in [-0.25, -0.2) is 9.78 Å². The van der Waals surface area contributed by atoms with Crippen molar-refractivity contribution in [2.24, 2.45) is 0 Å². The molecular weight excluding hydrogens is 310 g/mol. The molecule has 0 aliphatic heterocycles. The quantitative estimate of drug-likeness (QED) is 0.791. The number of fused-ring (bicyclic) bond motifs is 1. The SMILES string of the molecule is CC(C)Oc1cccnc1-c1cc(=O)c2cc(C(=O)O)ccc2o1. The zero-order valence-electron chi connectivity index (χ0n) is 13.1. The van der Waals surface area contributed by atoms with Crippen LogP contribution in [0.2, 0.25) is 0 Å². The minimum atomic E-state index is -1.10. The van der Waals surface area contributed by atoms with Crippen molar-refractivity contribution < 1.29 is 19.1 Å². The third-order valence-electron chi connectivity index (χ3n) is 3.34. The second kappa shape index (κ2) is 6.16. The van der Waals surface area contributed by atoms with Crippen LogP contribution in [-0.2, 0) is 0 Å². The zero-order chi connectivity index (χ0) is 17.3. The topological polar surface area (TPSA) is 89.6 Å². The molecule has 0 amide bonds. The number of carboxylic acids is 1. The van der Waals surface area contributed by atoms with Crippen molar-refractivity contribution in [3.8, 4) is 17.2 Å². The van der Waals surface area contributed by atoms with Gasteiger partial charge in [0.2, 0.25) is 0 Å². The number of hydrogen-bond acceptors (Lipinski definition) is 5. The summed E-state index contributed by atoms with van der Waals surface area (Å²) < 4.78 is 11.5. The smallest absolute Gasteiger partial charge is 0.335 e. The highest BCUT2D eigenvalue weighted by atomic mass is 16.5. The van der Waals surface area contributed by atoms with Gasteiger partial charge in [0.05, 0.1) is 17.1 Å². The maximum absolute atomic E-state index is 12.4. The minimum absolute atomic E-state index is 0.0317. The Morgan fingerprint density at radius 2 is 2.04 bits per heavy atom. The predicted octanol–water partition coefficient (Wildman–Crippen LogP) is 3.34. The van der Waals surface area contributed by atoms with Crippen LogP contribution in [0.4, 0.5) is 0 Å². The van der Waals surface area contributed by atoms with Crippen molar-refractivity contribution >= 4 is 16.9 Å². The maximum Gasteiger partial charge on any atom is 0.335 e. The molecule has 0 saturated carbocycles. The van der Waals surface area contributed by atoms with Gasteiger partial charge in [-0.2, -0.15) is 0 Å². The van der Waals surface area contributed by atoms with Gasteiger partial charge in [-0.3, -0.25) is 4.79 Å². The average Bonchev–Trinajstić information content (AvgIpc) is 2.54. The second-order valence-electron chi connectivity index (χ2n) is 5.51. The van der Waals surface area contributed by atoms with Gasteiger partial charge in [0.25, 0.3) is 0 Å². The normalized spacial score (nSPS) is 11.0. The van der Waals surface area contributed by atoms with Crippen LogP contribution in [-0.4, -0.2) is 22.2 Å². The molecule has 6 heteroatoms. The van der Waals surface area contributed by atoms with Crippen LogP contribution in [0.1, 0.15) is 24.2 Å². The van der Waals surface area contributed by atoms with Gasteiger partial charge in [0, 0.05) is 12.3 Å². The maximum atomic E-state index is 12.4. The van der Waals surface area contributed by atoms with Crippen LogP contribution in [0.25, 0.3) is 22.4 Å². The highest BCUT2D eigenvalue weighted by Gasteiger charge is 2.15. The first-order valence-corrected chi connectivity index (χ1v) is 7.39. The van der Waals surface area contributed by atoms with E-state index in [1.807, 2.05) is 13.8 Å². The molecule has 24 heavy (non-hydrogen) atoms. The van der Waals surface area contributed by atoms with Crippen molar-refractivity contribution in [3.05, 3.63) is 58.4 Å². The molecule has 0 saturated heterocycles. The molecule has 0 aliphatic rings. The van der Waals surface area contributed by atoms with E-state index in [2.05, 4.69) is 4.98 Å². The van der Waals surface area contributed by atoms with Gasteiger partial charge in [0.1, 0.15) is 17.0 Å². The van der Waals surface area contributed by atoms with E-state index in [1.165, 1.54) is 24.3 Å². The number of aromatic carboxylic acids is 1. The number of benzene rings is 1. The van der Waals surface area contributed by atoms with E-state index in [4.69, 9.17) is 14.3 Å². The summed E-state index contributed by atoms with van der Waals surface area (Å²) in [6, 6.07) is 8.94. The fraction of sp³-hybridized carbons (Fsp3) is 0.167. The van der Waals surface area contributed by atoms with Crippen molar-refractivity contribution in [3.63, 3.8) is 0 Å². The van der Waals surface area contributed by atoms with E-state index in [9.17, 15) is 9.59 Å². The van der Waals surface area contributed by atoms with Gasteiger partial charge < -0.3 is 14.3 Å². The van der Waals surface area contributed by atoms with E-state index >= 15 is 0 Å². The Kier molecular flexibility index (Phi) is 4.04. The van der Waals surface area contributed by atoms with E-state index < -0.39 is 5.97 Å². The summed E-state index contributed by atoms with van der Waals surface area (Å²) in [4.78, 5) is 27.6. The average molecular weight is 325 g/mol. The molecule has 0 atom stereocenters. The van der Waals surface area contributed by atoms with Crippen LogP contribution in [0.3, 0.4) is 0 Å². The molecule has 2 aromatic heterocycles. The molecule has 0 spiro atoms. The minimum Gasteiger partial charge on any atom is -0.489 e. The summed E-state index contributed by atoms with van der Waals surface area (Å²) in [5, 5.41) is 9.24. The molecule has 0 aliphatic carbocycles. The third kappa shape index (κ3) is 2.99.